The SMILES string of the molecule is CCOc1ccccc1N1C(=O)C(c2ccc(C)cc2)=C(N2CCOCC2)C1=O. The molecule has 0 atom stereocenters. The third kappa shape index (κ3) is 3.51. The van der Waals surface area contributed by atoms with Crippen LogP contribution >= 0.6 is 0 Å². The molecule has 150 valence electrons. The van der Waals surface area contributed by atoms with E-state index < -0.39 is 0 Å². The van der Waals surface area contributed by atoms with Gasteiger partial charge < -0.3 is 14.4 Å². The molecule has 0 aliphatic carbocycles. The number of rotatable bonds is 5. The van der Waals surface area contributed by atoms with Crippen LogP contribution in [-0.4, -0.2) is 49.6 Å². The fourth-order valence-corrected chi connectivity index (χ4v) is 3.72. The second-order valence-electron chi connectivity index (χ2n) is 7.04. The van der Waals surface area contributed by atoms with Crippen LogP contribution in [0, 0.1) is 6.92 Å². The molecule has 2 aliphatic rings. The number of nitrogens with zero attached hydrogens (tertiary/aromatic N) is 2. The van der Waals surface area contributed by atoms with E-state index in [0.29, 0.717) is 55.6 Å². The first-order valence-electron chi connectivity index (χ1n) is 9.86. The molecule has 4 rings (SSSR count). The van der Waals surface area contributed by atoms with E-state index in [1.165, 1.54) is 4.90 Å². The van der Waals surface area contributed by atoms with Gasteiger partial charge in [0.25, 0.3) is 11.8 Å². The monoisotopic (exact) mass is 392 g/mol. The summed E-state index contributed by atoms with van der Waals surface area (Å²) in [4.78, 5) is 30.3. The zero-order chi connectivity index (χ0) is 20.4. The number of anilines is 1. The van der Waals surface area contributed by atoms with E-state index in [-0.39, 0.29) is 11.8 Å². The van der Waals surface area contributed by atoms with Gasteiger partial charge >= 0.3 is 0 Å². The van der Waals surface area contributed by atoms with Crippen molar-refractivity contribution in [2.75, 3.05) is 37.8 Å². The molecular formula is C23H24N2O4. The third-order valence-corrected chi connectivity index (χ3v) is 5.13. The van der Waals surface area contributed by atoms with E-state index >= 15 is 0 Å². The van der Waals surface area contributed by atoms with Crippen molar-refractivity contribution < 1.29 is 19.1 Å². The topological polar surface area (TPSA) is 59.1 Å². The summed E-state index contributed by atoms with van der Waals surface area (Å²) in [7, 11) is 0. The van der Waals surface area contributed by atoms with Crippen molar-refractivity contribution in [2.45, 2.75) is 13.8 Å². The maximum atomic E-state index is 13.5. The van der Waals surface area contributed by atoms with Crippen molar-refractivity contribution >= 4 is 23.1 Å². The van der Waals surface area contributed by atoms with Crippen LogP contribution in [0.5, 0.6) is 5.75 Å². The summed E-state index contributed by atoms with van der Waals surface area (Å²) in [5, 5.41) is 0. The number of carbonyl (C=O) groups is 2. The predicted octanol–water partition coefficient (Wildman–Crippen LogP) is 3.01. The Morgan fingerprint density at radius 2 is 1.66 bits per heavy atom. The largest absolute Gasteiger partial charge is 0.492 e. The van der Waals surface area contributed by atoms with Gasteiger partial charge in [-0.2, -0.15) is 0 Å². The van der Waals surface area contributed by atoms with Gasteiger partial charge in [0.2, 0.25) is 0 Å². The highest BCUT2D eigenvalue weighted by Crippen LogP contribution is 2.38. The molecule has 0 bridgehead atoms. The van der Waals surface area contributed by atoms with E-state index in [1.54, 1.807) is 18.2 Å². The van der Waals surface area contributed by atoms with E-state index in [2.05, 4.69) is 0 Å². The average Bonchev–Trinajstić information content (AvgIpc) is 3.00. The Kier molecular flexibility index (Phi) is 5.36. The molecule has 0 aromatic heterocycles. The van der Waals surface area contributed by atoms with Gasteiger partial charge in [0.1, 0.15) is 11.4 Å². The zero-order valence-corrected chi connectivity index (χ0v) is 16.7. The highest BCUT2D eigenvalue weighted by atomic mass is 16.5. The predicted molar refractivity (Wildman–Crippen MR) is 111 cm³/mol. The van der Waals surface area contributed by atoms with Crippen LogP contribution in [-0.2, 0) is 14.3 Å². The molecule has 0 N–H and O–H groups in total. The minimum absolute atomic E-state index is 0.320. The number of benzene rings is 2. The lowest BCUT2D eigenvalue weighted by molar-refractivity contribution is -0.121. The van der Waals surface area contributed by atoms with Gasteiger partial charge in [0, 0.05) is 13.1 Å². The number of para-hydroxylation sites is 2. The Morgan fingerprint density at radius 1 is 0.966 bits per heavy atom. The quantitative estimate of drug-likeness (QED) is 0.732. The van der Waals surface area contributed by atoms with Crippen molar-refractivity contribution in [3.8, 4) is 5.75 Å². The summed E-state index contributed by atoms with van der Waals surface area (Å²) >= 11 is 0. The van der Waals surface area contributed by atoms with Crippen LogP contribution in [0.4, 0.5) is 5.69 Å². The van der Waals surface area contributed by atoms with Gasteiger partial charge in [-0.25, -0.2) is 4.90 Å². The molecule has 6 heteroatoms. The first-order valence-corrected chi connectivity index (χ1v) is 9.86. The summed E-state index contributed by atoms with van der Waals surface area (Å²) in [5.41, 5.74) is 3.18. The molecule has 29 heavy (non-hydrogen) atoms. The molecule has 0 unspecified atom stereocenters. The Hall–Kier alpha value is -3.12. The molecule has 0 saturated carbocycles. The molecule has 2 heterocycles. The van der Waals surface area contributed by atoms with Gasteiger partial charge in [0.05, 0.1) is 31.1 Å². The molecule has 2 aliphatic heterocycles. The average molecular weight is 392 g/mol. The number of hydrogen-bond acceptors (Lipinski definition) is 5. The van der Waals surface area contributed by atoms with Gasteiger partial charge in [-0.1, -0.05) is 42.0 Å². The normalized spacial score (nSPS) is 17.3. The van der Waals surface area contributed by atoms with E-state index in [4.69, 9.17) is 9.47 Å². The van der Waals surface area contributed by atoms with Crippen molar-refractivity contribution in [3.05, 3.63) is 65.4 Å². The van der Waals surface area contributed by atoms with Crippen LogP contribution in [0.1, 0.15) is 18.1 Å². The number of morpholine rings is 1. The second-order valence-corrected chi connectivity index (χ2v) is 7.04. The second kappa shape index (κ2) is 8.09. The molecule has 0 spiro atoms. The summed E-state index contributed by atoms with van der Waals surface area (Å²) in [6.45, 7) is 6.52. The van der Waals surface area contributed by atoms with Crippen molar-refractivity contribution in [2.24, 2.45) is 0 Å². The Labute approximate surface area is 170 Å². The first-order chi connectivity index (χ1) is 14.1. The van der Waals surface area contributed by atoms with Crippen LogP contribution in [0.3, 0.4) is 0 Å². The highest BCUT2D eigenvalue weighted by Gasteiger charge is 2.43. The Balaban J connectivity index is 1.83. The van der Waals surface area contributed by atoms with Crippen LogP contribution < -0.4 is 9.64 Å². The zero-order valence-electron chi connectivity index (χ0n) is 16.7. The molecular weight excluding hydrogens is 368 g/mol. The summed E-state index contributed by atoms with van der Waals surface area (Å²) in [5.74, 6) is -0.129. The molecule has 0 radical (unpaired) electrons. The fraction of sp³-hybridized carbons (Fsp3) is 0.304. The molecule has 2 aromatic carbocycles. The number of carbonyl (C=O) groups excluding carboxylic acids is 2. The van der Waals surface area contributed by atoms with Gasteiger partial charge in [-0.15, -0.1) is 0 Å². The molecule has 1 saturated heterocycles. The first kappa shape index (κ1) is 19.2. The standard InChI is InChI=1S/C23H24N2O4/c1-3-29-19-7-5-4-6-18(19)25-22(26)20(17-10-8-16(2)9-11-17)21(23(25)27)24-12-14-28-15-13-24/h4-11H,3,12-15H2,1-2H3. The van der Waals surface area contributed by atoms with Crippen molar-refractivity contribution in [1.29, 1.82) is 0 Å². The van der Waals surface area contributed by atoms with E-state index in [0.717, 1.165) is 11.1 Å². The molecule has 1 fully saturated rings. The third-order valence-electron chi connectivity index (χ3n) is 5.13. The summed E-state index contributed by atoms with van der Waals surface area (Å²) in [6.07, 6.45) is 0. The van der Waals surface area contributed by atoms with E-state index in [9.17, 15) is 9.59 Å². The van der Waals surface area contributed by atoms with Crippen molar-refractivity contribution in [3.63, 3.8) is 0 Å². The molecule has 6 nitrogen and oxygen atoms in total. The maximum absolute atomic E-state index is 13.5. The Bertz CT molecular complexity index is 959. The lowest BCUT2D eigenvalue weighted by Gasteiger charge is -2.29. The lowest BCUT2D eigenvalue weighted by atomic mass is 10.0. The maximum Gasteiger partial charge on any atom is 0.282 e. The number of hydrogen-bond donors (Lipinski definition) is 0. The van der Waals surface area contributed by atoms with Crippen LogP contribution in [0.15, 0.2) is 54.2 Å². The van der Waals surface area contributed by atoms with Gasteiger partial charge in [-0.05, 0) is 31.5 Å². The van der Waals surface area contributed by atoms with Crippen molar-refractivity contribution in [1.82, 2.24) is 4.90 Å². The summed E-state index contributed by atoms with van der Waals surface area (Å²) < 4.78 is 11.1. The Morgan fingerprint density at radius 3 is 2.34 bits per heavy atom. The molecule has 2 aromatic rings. The minimum atomic E-state index is -0.326. The van der Waals surface area contributed by atoms with Gasteiger partial charge in [-0.3, -0.25) is 9.59 Å². The van der Waals surface area contributed by atoms with Crippen LogP contribution in [0.2, 0.25) is 0 Å². The minimum Gasteiger partial charge on any atom is -0.492 e. The number of imide groups is 1. The molecule has 2 amide bonds. The van der Waals surface area contributed by atoms with Crippen LogP contribution in [0.25, 0.3) is 5.57 Å². The highest BCUT2D eigenvalue weighted by molar-refractivity contribution is 6.45. The smallest absolute Gasteiger partial charge is 0.282 e. The number of ether oxygens (including phenoxy) is 2. The van der Waals surface area contributed by atoms with Gasteiger partial charge in [0.15, 0.2) is 0 Å². The number of amides is 2. The summed E-state index contributed by atoms with van der Waals surface area (Å²) in [6, 6.07) is 14.9. The number of aryl methyl sites for hydroxylation is 1. The van der Waals surface area contributed by atoms with E-state index in [1.807, 2.05) is 49.1 Å². The fourth-order valence-electron chi connectivity index (χ4n) is 3.72. The lowest BCUT2D eigenvalue weighted by Crippen LogP contribution is -2.40.